The summed E-state index contributed by atoms with van der Waals surface area (Å²) >= 11 is 4.94. The van der Waals surface area contributed by atoms with Crippen molar-refractivity contribution < 1.29 is 19.1 Å². The number of esters is 1. The zero-order valence-electron chi connectivity index (χ0n) is 14.7. The number of hydrazone groups is 1. The molecule has 2 aromatic carbocycles. The highest BCUT2D eigenvalue weighted by Gasteiger charge is 2.03. The second-order valence-electron chi connectivity index (χ2n) is 5.35. The molecule has 1 N–H and O–H groups in total. The van der Waals surface area contributed by atoms with Crippen LogP contribution in [0.25, 0.3) is 0 Å². The molecule has 0 aliphatic carbocycles. The lowest BCUT2D eigenvalue weighted by Gasteiger charge is -2.05. The van der Waals surface area contributed by atoms with Crippen molar-refractivity contribution in [2.45, 2.75) is 5.75 Å². The van der Waals surface area contributed by atoms with E-state index in [4.69, 9.17) is 4.74 Å². The van der Waals surface area contributed by atoms with Crippen LogP contribution >= 0.6 is 27.7 Å². The van der Waals surface area contributed by atoms with Crippen molar-refractivity contribution in [3.05, 3.63) is 64.1 Å². The summed E-state index contributed by atoms with van der Waals surface area (Å²) in [7, 11) is 1.30. The van der Waals surface area contributed by atoms with Gasteiger partial charge in [0.05, 0.1) is 19.1 Å². The molecule has 8 heteroatoms. The van der Waals surface area contributed by atoms with Gasteiger partial charge >= 0.3 is 5.97 Å². The Kier molecular flexibility index (Phi) is 8.86. The number of amides is 1. The predicted molar refractivity (Wildman–Crippen MR) is 110 cm³/mol. The van der Waals surface area contributed by atoms with Crippen molar-refractivity contribution in [1.29, 1.82) is 0 Å². The van der Waals surface area contributed by atoms with Gasteiger partial charge in [0.15, 0.2) is 6.61 Å². The van der Waals surface area contributed by atoms with Crippen molar-refractivity contribution in [3.8, 4) is 5.75 Å². The van der Waals surface area contributed by atoms with Crippen LogP contribution in [0.1, 0.15) is 11.1 Å². The quantitative estimate of drug-likeness (QED) is 0.359. The first-order valence-corrected chi connectivity index (χ1v) is 9.95. The summed E-state index contributed by atoms with van der Waals surface area (Å²) in [5.74, 6) is 0.939. The van der Waals surface area contributed by atoms with Crippen LogP contribution in [0.3, 0.4) is 0 Å². The average Bonchev–Trinajstić information content (AvgIpc) is 2.66. The lowest BCUT2D eigenvalue weighted by atomic mass is 10.2. The van der Waals surface area contributed by atoms with Gasteiger partial charge < -0.3 is 9.47 Å². The second-order valence-corrected chi connectivity index (χ2v) is 7.25. The molecule has 142 valence electrons. The number of halogens is 1. The molecule has 0 unspecified atom stereocenters. The van der Waals surface area contributed by atoms with Crippen molar-refractivity contribution in [1.82, 2.24) is 5.43 Å². The minimum absolute atomic E-state index is 0.164. The summed E-state index contributed by atoms with van der Waals surface area (Å²) < 4.78 is 10.8. The van der Waals surface area contributed by atoms with Crippen LogP contribution in [0, 0.1) is 0 Å². The highest BCUT2D eigenvalue weighted by molar-refractivity contribution is 9.10. The molecule has 0 radical (unpaired) electrons. The van der Waals surface area contributed by atoms with E-state index < -0.39 is 5.97 Å². The molecule has 2 aromatic rings. The van der Waals surface area contributed by atoms with E-state index in [2.05, 4.69) is 31.2 Å². The largest absolute Gasteiger partial charge is 0.482 e. The van der Waals surface area contributed by atoms with Crippen LogP contribution < -0.4 is 10.2 Å². The van der Waals surface area contributed by atoms with E-state index in [1.54, 1.807) is 18.2 Å². The number of ether oxygens (including phenoxy) is 2. The fourth-order valence-corrected chi connectivity index (χ4v) is 3.20. The molecular formula is C19H19BrN2O4S. The Bertz CT molecular complexity index is 814. The monoisotopic (exact) mass is 450 g/mol. The summed E-state index contributed by atoms with van der Waals surface area (Å²) in [6.07, 6.45) is 1.52. The van der Waals surface area contributed by atoms with Crippen LogP contribution in [0.15, 0.2) is 58.1 Å². The number of methoxy groups -OCH3 is 1. The first-order chi connectivity index (χ1) is 13.1. The Labute approximate surface area is 170 Å². The van der Waals surface area contributed by atoms with Gasteiger partial charge in [-0.15, -0.1) is 11.8 Å². The number of nitrogens with zero attached hydrogens (tertiary/aromatic N) is 1. The number of carbonyl (C=O) groups excluding carboxylic acids is 2. The number of nitrogens with one attached hydrogen (secondary N) is 1. The normalized spacial score (nSPS) is 10.6. The first kappa shape index (κ1) is 21.0. The third-order valence-corrected chi connectivity index (χ3v) is 4.73. The van der Waals surface area contributed by atoms with Gasteiger partial charge in [0, 0.05) is 10.2 Å². The zero-order chi connectivity index (χ0) is 19.5. The molecule has 0 spiro atoms. The van der Waals surface area contributed by atoms with Crippen LogP contribution in [-0.2, 0) is 20.1 Å². The highest BCUT2D eigenvalue weighted by atomic mass is 79.9. The molecule has 0 atom stereocenters. The van der Waals surface area contributed by atoms with Crippen LogP contribution in [0.2, 0.25) is 0 Å². The molecule has 6 nitrogen and oxygen atoms in total. The van der Waals surface area contributed by atoms with Gasteiger partial charge in [-0.25, -0.2) is 10.2 Å². The highest BCUT2D eigenvalue weighted by Crippen LogP contribution is 2.17. The van der Waals surface area contributed by atoms with Crippen molar-refractivity contribution in [3.63, 3.8) is 0 Å². The van der Waals surface area contributed by atoms with E-state index in [0.717, 1.165) is 21.4 Å². The number of hydrogen-bond donors (Lipinski definition) is 1. The molecule has 1 amide bonds. The summed E-state index contributed by atoms with van der Waals surface area (Å²) in [6, 6.07) is 15.0. The first-order valence-electron chi connectivity index (χ1n) is 8.00. The third kappa shape index (κ3) is 8.27. The van der Waals surface area contributed by atoms with E-state index in [0.29, 0.717) is 11.5 Å². The zero-order valence-corrected chi connectivity index (χ0v) is 17.1. The van der Waals surface area contributed by atoms with Gasteiger partial charge in [-0.05, 0) is 35.4 Å². The van der Waals surface area contributed by atoms with Crippen LogP contribution in [-0.4, -0.2) is 37.6 Å². The lowest BCUT2D eigenvalue weighted by molar-refractivity contribution is -0.142. The number of thioether (sulfide) groups is 1. The third-order valence-electron chi connectivity index (χ3n) is 3.24. The lowest BCUT2D eigenvalue weighted by Crippen LogP contribution is -2.19. The Morgan fingerprint density at radius 2 is 2.04 bits per heavy atom. The van der Waals surface area contributed by atoms with Crippen LogP contribution in [0.5, 0.6) is 5.75 Å². The maximum Gasteiger partial charge on any atom is 0.343 e. The van der Waals surface area contributed by atoms with Gasteiger partial charge in [-0.3, -0.25) is 4.79 Å². The van der Waals surface area contributed by atoms with E-state index >= 15 is 0 Å². The maximum absolute atomic E-state index is 11.8. The van der Waals surface area contributed by atoms with Gasteiger partial charge in [-0.1, -0.05) is 40.2 Å². The van der Waals surface area contributed by atoms with Gasteiger partial charge in [0.2, 0.25) is 5.91 Å². The van der Waals surface area contributed by atoms with E-state index in [1.165, 1.54) is 25.1 Å². The molecule has 0 bridgehead atoms. The maximum atomic E-state index is 11.8. The Balaban J connectivity index is 1.74. The number of rotatable bonds is 9. The SMILES string of the molecule is COC(=O)COc1cccc(/C=N/NC(=O)CSCc2cccc(Br)c2)c1. The molecular weight excluding hydrogens is 432 g/mol. The molecule has 0 saturated carbocycles. The van der Waals surface area contributed by atoms with E-state index in [-0.39, 0.29) is 12.5 Å². The number of hydrogen-bond acceptors (Lipinski definition) is 6. The fraction of sp³-hybridized carbons (Fsp3) is 0.211. The molecule has 0 saturated heterocycles. The summed E-state index contributed by atoms with van der Waals surface area (Å²) in [5, 5.41) is 3.94. The summed E-state index contributed by atoms with van der Waals surface area (Å²) in [5.41, 5.74) is 4.38. The van der Waals surface area contributed by atoms with E-state index in [1.807, 2.05) is 30.3 Å². The molecule has 0 fully saturated rings. The van der Waals surface area contributed by atoms with Crippen molar-refractivity contribution in [2.75, 3.05) is 19.5 Å². The topological polar surface area (TPSA) is 77.0 Å². The Hall–Kier alpha value is -2.32. The molecule has 27 heavy (non-hydrogen) atoms. The molecule has 0 aliphatic rings. The van der Waals surface area contributed by atoms with Crippen molar-refractivity contribution in [2.24, 2.45) is 5.10 Å². The minimum Gasteiger partial charge on any atom is -0.482 e. The number of benzene rings is 2. The van der Waals surface area contributed by atoms with Gasteiger partial charge in [-0.2, -0.15) is 5.10 Å². The van der Waals surface area contributed by atoms with Gasteiger partial charge in [0.1, 0.15) is 5.75 Å². The standard InChI is InChI=1S/C19H19BrN2O4S/c1-25-19(24)11-26-17-7-3-4-14(9-17)10-21-22-18(23)13-27-12-15-5-2-6-16(20)8-15/h2-10H,11-13H2,1H3,(H,22,23)/b21-10+. The number of carbonyl (C=O) groups is 2. The molecule has 0 aromatic heterocycles. The predicted octanol–water partition coefficient (Wildman–Crippen LogP) is 3.38. The summed E-state index contributed by atoms with van der Waals surface area (Å²) in [4.78, 5) is 22.9. The Morgan fingerprint density at radius 1 is 1.22 bits per heavy atom. The minimum atomic E-state index is -0.457. The van der Waals surface area contributed by atoms with Gasteiger partial charge in [0.25, 0.3) is 0 Å². The smallest absolute Gasteiger partial charge is 0.343 e. The summed E-state index contributed by atoms with van der Waals surface area (Å²) in [6.45, 7) is -0.164. The van der Waals surface area contributed by atoms with Crippen molar-refractivity contribution >= 4 is 45.8 Å². The second kappa shape index (κ2) is 11.4. The average molecular weight is 451 g/mol. The fourth-order valence-electron chi connectivity index (χ4n) is 1.99. The van der Waals surface area contributed by atoms with Crippen LogP contribution in [0.4, 0.5) is 0 Å². The van der Waals surface area contributed by atoms with E-state index in [9.17, 15) is 9.59 Å². The molecule has 0 heterocycles. The molecule has 2 rings (SSSR count). The Morgan fingerprint density at radius 3 is 2.81 bits per heavy atom. The molecule has 0 aliphatic heterocycles.